The van der Waals surface area contributed by atoms with E-state index >= 15 is 0 Å². The van der Waals surface area contributed by atoms with Crippen LogP contribution in [0.3, 0.4) is 0 Å². The molecule has 2 amide bonds. The van der Waals surface area contributed by atoms with Crippen LogP contribution in [-0.2, 0) is 0 Å². The van der Waals surface area contributed by atoms with Gasteiger partial charge in [-0.2, -0.15) is 0 Å². The first-order valence-corrected chi connectivity index (χ1v) is 10.7. The molecule has 154 valence electrons. The number of carbonyl (C=O) groups is 2. The van der Waals surface area contributed by atoms with E-state index in [1.165, 1.54) is 23.5 Å². The van der Waals surface area contributed by atoms with Gasteiger partial charge in [0.05, 0.1) is 16.3 Å². The molecular weight excluding hydrogens is 401 g/mol. The fraction of sp³-hybridized carbons (Fsp3) is 0.261. The number of hydrogen-bond donors (Lipinski definition) is 0. The van der Waals surface area contributed by atoms with Gasteiger partial charge in [-0.1, -0.05) is 42.5 Å². The van der Waals surface area contributed by atoms with Crippen molar-refractivity contribution in [2.75, 3.05) is 26.2 Å². The van der Waals surface area contributed by atoms with Gasteiger partial charge >= 0.3 is 0 Å². The Kier molecular flexibility index (Phi) is 5.90. The minimum atomic E-state index is -0.521. The van der Waals surface area contributed by atoms with Crippen molar-refractivity contribution in [1.29, 1.82) is 0 Å². The number of carbonyl (C=O) groups excluding carboxylic acids is 2. The Morgan fingerprint density at radius 3 is 2.23 bits per heavy atom. The molecule has 2 heterocycles. The van der Waals surface area contributed by atoms with Gasteiger partial charge in [-0.3, -0.25) is 9.59 Å². The Hall–Kier alpha value is -3.06. The summed E-state index contributed by atoms with van der Waals surface area (Å²) in [5.41, 5.74) is 1.68. The monoisotopic (exact) mass is 423 g/mol. The van der Waals surface area contributed by atoms with E-state index in [1.807, 2.05) is 37.3 Å². The third-order valence-electron chi connectivity index (χ3n) is 5.15. The highest BCUT2D eigenvalue weighted by atomic mass is 32.1. The Morgan fingerprint density at radius 2 is 1.53 bits per heavy atom. The van der Waals surface area contributed by atoms with Crippen molar-refractivity contribution in [2.45, 2.75) is 13.3 Å². The molecule has 3 aromatic rings. The second-order valence-electron chi connectivity index (χ2n) is 7.19. The second kappa shape index (κ2) is 8.75. The van der Waals surface area contributed by atoms with Gasteiger partial charge in [0.25, 0.3) is 11.8 Å². The maximum atomic E-state index is 14.0. The summed E-state index contributed by atoms with van der Waals surface area (Å²) in [5.74, 6) is -0.923. The molecule has 1 aliphatic heterocycles. The van der Waals surface area contributed by atoms with Gasteiger partial charge in [-0.15, -0.1) is 11.3 Å². The normalized spacial score (nSPS) is 14.5. The average Bonchev–Trinajstić information content (AvgIpc) is 2.99. The molecule has 5 nitrogen and oxygen atoms in total. The maximum absolute atomic E-state index is 14.0. The molecule has 7 heteroatoms. The van der Waals surface area contributed by atoms with Crippen molar-refractivity contribution in [2.24, 2.45) is 0 Å². The van der Waals surface area contributed by atoms with Crippen LogP contribution in [-0.4, -0.2) is 52.8 Å². The second-order valence-corrected chi connectivity index (χ2v) is 8.40. The Bertz CT molecular complexity index is 1070. The fourth-order valence-corrected chi connectivity index (χ4v) is 4.54. The number of benzene rings is 2. The van der Waals surface area contributed by atoms with E-state index in [0.717, 1.165) is 10.6 Å². The van der Waals surface area contributed by atoms with Gasteiger partial charge in [0, 0.05) is 31.7 Å². The van der Waals surface area contributed by atoms with E-state index in [4.69, 9.17) is 0 Å². The molecule has 0 saturated carbocycles. The molecule has 1 aliphatic rings. The van der Waals surface area contributed by atoms with Crippen LogP contribution in [0.2, 0.25) is 0 Å². The lowest BCUT2D eigenvalue weighted by Gasteiger charge is -2.22. The van der Waals surface area contributed by atoms with Gasteiger partial charge in [-0.25, -0.2) is 9.37 Å². The zero-order valence-electron chi connectivity index (χ0n) is 16.7. The lowest BCUT2D eigenvalue weighted by molar-refractivity contribution is 0.0718. The van der Waals surface area contributed by atoms with Gasteiger partial charge in [0.15, 0.2) is 0 Å². The van der Waals surface area contributed by atoms with Crippen LogP contribution < -0.4 is 0 Å². The minimum absolute atomic E-state index is 0.0698. The first kappa shape index (κ1) is 20.2. The number of aryl methyl sites for hydroxylation is 1. The van der Waals surface area contributed by atoms with E-state index in [1.54, 1.807) is 21.9 Å². The SMILES string of the molecule is Cc1nc(-c2ccccc2)c(C(=O)N2CCCN(C(=O)c3ccccc3F)CC2)s1. The van der Waals surface area contributed by atoms with Crippen LogP contribution >= 0.6 is 11.3 Å². The maximum Gasteiger partial charge on any atom is 0.266 e. The number of aromatic nitrogens is 1. The minimum Gasteiger partial charge on any atom is -0.337 e. The molecule has 0 spiro atoms. The van der Waals surface area contributed by atoms with E-state index in [9.17, 15) is 14.0 Å². The molecule has 0 unspecified atom stereocenters. The average molecular weight is 424 g/mol. The van der Waals surface area contributed by atoms with Crippen molar-refractivity contribution in [1.82, 2.24) is 14.8 Å². The summed E-state index contributed by atoms with van der Waals surface area (Å²) >= 11 is 1.39. The summed E-state index contributed by atoms with van der Waals surface area (Å²) < 4.78 is 14.0. The van der Waals surface area contributed by atoms with E-state index in [-0.39, 0.29) is 17.4 Å². The molecule has 0 atom stereocenters. The van der Waals surface area contributed by atoms with Crippen molar-refractivity contribution < 1.29 is 14.0 Å². The standard InChI is InChI=1S/C23H22FN3O2S/c1-16-25-20(17-8-3-2-4-9-17)21(30-16)23(29)27-13-7-12-26(14-15-27)22(28)18-10-5-6-11-19(18)24/h2-6,8-11H,7,12-15H2,1H3. The van der Waals surface area contributed by atoms with Crippen LogP contribution in [0.25, 0.3) is 11.3 Å². The lowest BCUT2D eigenvalue weighted by Crippen LogP contribution is -2.37. The highest BCUT2D eigenvalue weighted by molar-refractivity contribution is 7.14. The van der Waals surface area contributed by atoms with E-state index < -0.39 is 5.82 Å². The molecule has 1 saturated heterocycles. The quantitative estimate of drug-likeness (QED) is 0.633. The van der Waals surface area contributed by atoms with Gasteiger partial charge < -0.3 is 9.80 Å². The summed E-state index contributed by atoms with van der Waals surface area (Å²) in [6, 6.07) is 15.7. The first-order valence-electron chi connectivity index (χ1n) is 9.90. The Balaban J connectivity index is 1.51. The summed E-state index contributed by atoms with van der Waals surface area (Å²) in [6.45, 7) is 3.71. The predicted octanol–water partition coefficient (Wildman–Crippen LogP) is 4.25. The number of nitrogens with zero attached hydrogens (tertiary/aromatic N) is 3. The molecule has 2 aromatic carbocycles. The van der Waals surface area contributed by atoms with Crippen LogP contribution in [0, 0.1) is 12.7 Å². The molecule has 0 aliphatic carbocycles. The topological polar surface area (TPSA) is 53.5 Å². The number of thiazole rings is 1. The van der Waals surface area contributed by atoms with Crippen molar-refractivity contribution in [3.63, 3.8) is 0 Å². The molecule has 30 heavy (non-hydrogen) atoms. The van der Waals surface area contributed by atoms with E-state index in [2.05, 4.69) is 4.98 Å². The number of hydrogen-bond acceptors (Lipinski definition) is 4. The molecule has 0 N–H and O–H groups in total. The van der Waals surface area contributed by atoms with Crippen molar-refractivity contribution in [3.05, 3.63) is 75.9 Å². The predicted molar refractivity (Wildman–Crippen MR) is 115 cm³/mol. The molecule has 1 aromatic heterocycles. The largest absolute Gasteiger partial charge is 0.337 e. The number of amides is 2. The number of halogens is 1. The van der Waals surface area contributed by atoms with Crippen LogP contribution in [0.1, 0.15) is 31.5 Å². The molecular formula is C23H22FN3O2S. The lowest BCUT2D eigenvalue weighted by atomic mass is 10.1. The van der Waals surface area contributed by atoms with Gasteiger partial charge in [-0.05, 0) is 25.5 Å². The fourth-order valence-electron chi connectivity index (χ4n) is 3.64. The zero-order valence-corrected chi connectivity index (χ0v) is 17.5. The zero-order chi connectivity index (χ0) is 21.1. The van der Waals surface area contributed by atoms with Crippen LogP contribution in [0.4, 0.5) is 4.39 Å². The van der Waals surface area contributed by atoms with Crippen molar-refractivity contribution in [3.8, 4) is 11.3 Å². The summed E-state index contributed by atoms with van der Waals surface area (Å²) in [6.07, 6.45) is 0.643. The van der Waals surface area contributed by atoms with E-state index in [0.29, 0.717) is 43.2 Å². The summed E-state index contributed by atoms with van der Waals surface area (Å²) in [7, 11) is 0. The van der Waals surface area contributed by atoms with Gasteiger partial charge in [0.1, 0.15) is 10.7 Å². The molecule has 0 bridgehead atoms. The number of rotatable bonds is 3. The Morgan fingerprint density at radius 1 is 0.900 bits per heavy atom. The molecule has 0 radical (unpaired) electrons. The highest BCUT2D eigenvalue weighted by Crippen LogP contribution is 2.29. The molecule has 4 rings (SSSR count). The first-order chi connectivity index (χ1) is 14.5. The van der Waals surface area contributed by atoms with Crippen molar-refractivity contribution >= 4 is 23.2 Å². The summed E-state index contributed by atoms with van der Waals surface area (Å²) in [4.78, 5) is 34.6. The molecule has 1 fully saturated rings. The van der Waals surface area contributed by atoms with Crippen LogP contribution in [0.15, 0.2) is 54.6 Å². The van der Waals surface area contributed by atoms with Crippen LogP contribution in [0.5, 0.6) is 0 Å². The van der Waals surface area contributed by atoms with Gasteiger partial charge in [0.2, 0.25) is 0 Å². The smallest absolute Gasteiger partial charge is 0.266 e. The third-order valence-corrected chi connectivity index (χ3v) is 6.11. The third kappa shape index (κ3) is 4.11. The summed E-state index contributed by atoms with van der Waals surface area (Å²) in [5, 5.41) is 0.836. The highest BCUT2D eigenvalue weighted by Gasteiger charge is 2.27. The Labute approximate surface area is 178 Å².